The maximum atomic E-state index is 5.67. The molecule has 0 fully saturated rings. The van der Waals surface area contributed by atoms with Gasteiger partial charge in [-0.15, -0.1) is 0 Å². The van der Waals surface area contributed by atoms with Crippen molar-refractivity contribution in [1.29, 1.82) is 0 Å². The highest BCUT2D eigenvalue weighted by Gasteiger charge is 2.07. The molecule has 0 amide bonds. The Kier molecular flexibility index (Phi) is 4.85. The summed E-state index contributed by atoms with van der Waals surface area (Å²) in [5.74, 6) is 2.08. The van der Waals surface area contributed by atoms with E-state index in [9.17, 15) is 0 Å². The van der Waals surface area contributed by atoms with Crippen LogP contribution in [0.15, 0.2) is 10.5 Å². The van der Waals surface area contributed by atoms with Crippen molar-refractivity contribution in [1.82, 2.24) is 10.2 Å². The third-order valence-corrected chi connectivity index (χ3v) is 2.29. The summed E-state index contributed by atoms with van der Waals surface area (Å²) in [6.45, 7) is 7.05. The van der Waals surface area contributed by atoms with E-state index in [4.69, 9.17) is 4.42 Å². The van der Waals surface area contributed by atoms with Gasteiger partial charge in [-0.3, -0.25) is 0 Å². The Bertz CT molecular complexity index is 292. The maximum absolute atomic E-state index is 5.67. The number of aryl methyl sites for hydroxylation is 1. The number of rotatable bonds is 6. The van der Waals surface area contributed by atoms with Gasteiger partial charge in [-0.2, -0.15) is 0 Å². The molecule has 0 aliphatic rings. The summed E-state index contributed by atoms with van der Waals surface area (Å²) < 4.78 is 5.67. The molecule has 0 aromatic carbocycles. The van der Waals surface area contributed by atoms with Gasteiger partial charge in [0.05, 0.1) is 6.54 Å². The number of nitrogens with zero attached hydrogens (tertiary/aromatic N) is 1. The molecule has 0 spiro atoms. The molecule has 0 unspecified atom stereocenters. The lowest BCUT2D eigenvalue weighted by Crippen LogP contribution is -2.13. The van der Waals surface area contributed by atoms with E-state index >= 15 is 0 Å². The first-order chi connectivity index (χ1) is 7.13. The Balaban J connectivity index is 2.53. The first-order valence-corrected chi connectivity index (χ1v) is 5.57. The average Bonchev–Trinajstić information content (AvgIpc) is 2.46. The van der Waals surface area contributed by atoms with Crippen LogP contribution in [0, 0.1) is 6.92 Å². The zero-order valence-electron chi connectivity index (χ0n) is 10.3. The van der Waals surface area contributed by atoms with Gasteiger partial charge >= 0.3 is 0 Å². The molecule has 0 bridgehead atoms. The number of hydrogen-bond donors (Lipinski definition) is 1. The van der Waals surface area contributed by atoms with Crippen molar-refractivity contribution < 1.29 is 4.42 Å². The van der Waals surface area contributed by atoms with E-state index in [0.717, 1.165) is 31.2 Å². The molecule has 1 N–H and O–H groups in total. The predicted molar refractivity (Wildman–Crippen MR) is 62.8 cm³/mol. The standard InChI is InChI=1S/C12H22N2O/c1-5-6-13-8-11-7-12(9-14(3)4)15-10(11)2/h7,13H,5-6,8-9H2,1-4H3. The van der Waals surface area contributed by atoms with Crippen LogP contribution in [-0.4, -0.2) is 25.5 Å². The van der Waals surface area contributed by atoms with E-state index in [2.05, 4.69) is 23.2 Å². The van der Waals surface area contributed by atoms with Crippen LogP contribution in [0.1, 0.15) is 30.4 Å². The Labute approximate surface area is 92.5 Å². The van der Waals surface area contributed by atoms with Gasteiger partial charge in [0.1, 0.15) is 11.5 Å². The molecular formula is C12H22N2O. The van der Waals surface area contributed by atoms with Crippen LogP contribution in [-0.2, 0) is 13.1 Å². The second-order valence-corrected chi connectivity index (χ2v) is 4.21. The van der Waals surface area contributed by atoms with Crippen LogP contribution in [0.25, 0.3) is 0 Å². The predicted octanol–water partition coefficient (Wildman–Crippen LogP) is 2.15. The smallest absolute Gasteiger partial charge is 0.118 e. The van der Waals surface area contributed by atoms with Crippen LogP contribution >= 0.6 is 0 Å². The molecule has 0 atom stereocenters. The largest absolute Gasteiger partial charge is 0.465 e. The Morgan fingerprint density at radius 3 is 2.73 bits per heavy atom. The summed E-state index contributed by atoms with van der Waals surface area (Å²) in [5.41, 5.74) is 1.28. The minimum Gasteiger partial charge on any atom is -0.465 e. The quantitative estimate of drug-likeness (QED) is 0.729. The molecule has 15 heavy (non-hydrogen) atoms. The second-order valence-electron chi connectivity index (χ2n) is 4.21. The molecule has 0 saturated carbocycles. The normalized spacial score (nSPS) is 11.3. The SMILES string of the molecule is CCCNCc1cc(CN(C)C)oc1C. The summed E-state index contributed by atoms with van der Waals surface area (Å²) in [6, 6.07) is 2.15. The van der Waals surface area contributed by atoms with Gasteiger partial charge in [0.2, 0.25) is 0 Å². The van der Waals surface area contributed by atoms with E-state index in [1.165, 1.54) is 12.0 Å². The van der Waals surface area contributed by atoms with Gasteiger partial charge in [0.15, 0.2) is 0 Å². The highest BCUT2D eigenvalue weighted by atomic mass is 16.3. The molecule has 1 rings (SSSR count). The molecule has 0 saturated heterocycles. The van der Waals surface area contributed by atoms with Crippen molar-refractivity contribution >= 4 is 0 Å². The Morgan fingerprint density at radius 1 is 1.40 bits per heavy atom. The monoisotopic (exact) mass is 210 g/mol. The van der Waals surface area contributed by atoms with Crippen LogP contribution in [0.5, 0.6) is 0 Å². The van der Waals surface area contributed by atoms with Crippen LogP contribution < -0.4 is 5.32 Å². The van der Waals surface area contributed by atoms with E-state index in [-0.39, 0.29) is 0 Å². The van der Waals surface area contributed by atoms with Crippen molar-refractivity contribution in [2.45, 2.75) is 33.4 Å². The summed E-state index contributed by atoms with van der Waals surface area (Å²) in [7, 11) is 4.10. The number of hydrogen-bond acceptors (Lipinski definition) is 3. The van der Waals surface area contributed by atoms with Crippen LogP contribution in [0.3, 0.4) is 0 Å². The summed E-state index contributed by atoms with van der Waals surface area (Å²) in [5, 5.41) is 3.39. The van der Waals surface area contributed by atoms with Crippen LogP contribution in [0.2, 0.25) is 0 Å². The molecule has 0 radical (unpaired) electrons. The first kappa shape index (κ1) is 12.3. The van der Waals surface area contributed by atoms with Crippen LogP contribution in [0.4, 0.5) is 0 Å². The lowest BCUT2D eigenvalue weighted by molar-refractivity contribution is 0.345. The van der Waals surface area contributed by atoms with Crippen molar-refractivity contribution in [2.75, 3.05) is 20.6 Å². The number of nitrogens with one attached hydrogen (secondary N) is 1. The van der Waals surface area contributed by atoms with Gasteiger partial charge < -0.3 is 14.6 Å². The fourth-order valence-electron chi connectivity index (χ4n) is 1.55. The van der Waals surface area contributed by atoms with Crippen molar-refractivity contribution in [3.05, 3.63) is 23.2 Å². The molecule has 1 aromatic rings. The van der Waals surface area contributed by atoms with Gasteiger partial charge in [0, 0.05) is 12.1 Å². The maximum Gasteiger partial charge on any atom is 0.118 e. The molecular weight excluding hydrogens is 188 g/mol. The van der Waals surface area contributed by atoms with Gasteiger partial charge in [-0.25, -0.2) is 0 Å². The summed E-state index contributed by atoms with van der Waals surface area (Å²) in [6.07, 6.45) is 1.17. The molecule has 0 aliphatic heterocycles. The molecule has 3 heteroatoms. The second kappa shape index (κ2) is 5.93. The molecule has 3 nitrogen and oxygen atoms in total. The third kappa shape index (κ3) is 4.06. The van der Waals surface area contributed by atoms with E-state index < -0.39 is 0 Å². The zero-order chi connectivity index (χ0) is 11.3. The lowest BCUT2D eigenvalue weighted by atomic mass is 10.2. The van der Waals surface area contributed by atoms with Crippen molar-refractivity contribution in [2.24, 2.45) is 0 Å². The fourth-order valence-corrected chi connectivity index (χ4v) is 1.55. The van der Waals surface area contributed by atoms with Gasteiger partial charge in [-0.1, -0.05) is 6.92 Å². The number of furan rings is 1. The molecule has 0 aliphatic carbocycles. The lowest BCUT2D eigenvalue weighted by Gasteiger charge is -2.05. The molecule has 86 valence electrons. The molecule has 1 aromatic heterocycles. The Hall–Kier alpha value is -0.800. The zero-order valence-corrected chi connectivity index (χ0v) is 10.3. The van der Waals surface area contributed by atoms with Gasteiger partial charge in [-0.05, 0) is 40.1 Å². The minimum atomic E-state index is 0.870. The van der Waals surface area contributed by atoms with Crippen molar-refractivity contribution in [3.8, 4) is 0 Å². The third-order valence-electron chi connectivity index (χ3n) is 2.29. The van der Waals surface area contributed by atoms with Gasteiger partial charge in [0.25, 0.3) is 0 Å². The summed E-state index contributed by atoms with van der Waals surface area (Å²) in [4.78, 5) is 2.11. The van der Waals surface area contributed by atoms with Crippen molar-refractivity contribution in [3.63, 3.8) is 0 Å². The van der Waals surface area contributed by atoms with E-state index in [0.29, 0.717) is 0 Å². The minimum absolute atomic E-state index is 0.870. The summed E-state index contributed by atoms with van der Waals surface area (Å²) >= 11 is 0. The fraction of sp³-hybridized carbons (Fsp3) is 0.667. The first-order valence-electron chi connectivity index (χ1n) is 5.57. The molecule has 1 heterocycles. The highest BCUT2D eigenvalue weighted by Crippen LogP contribution is 2.15. The highest BCUT2D eigenvalue weighted by molar-refractivity contribution is 5.20. The topological polar surface area (TPSA) is 28.4 Å². The van der Waals surface area contributed by atoms with E-state index in [1.807, 2.05) is 21.0 Å². The van der Waals surface area contributed by atoms with E-state index in [1.54, 1.807) is 0 Å². The Morgan fingerprint density at radius 2 is 2.13 bits per heavy atom. The average molecular weight is 210 g/mol.